The fourth-order valence-corrected chi connectivity index (χ4v) is 3.11. The molecule has 1 atom stereocenters. The normalized spacial score (nSPS) is 12.3. The number of hydrogen-bond donors (Lipinski definition) is 1. The Labute approximate surface area is 149 Å². The van der Waals surface area contributed by atoms with Crippen molar-refractivity contribution < 1.29 is 9.21 Å². The van der Waals surface area contributed by atoms with Crippen molar-refractivity contribution in [1.29, 1.82) is 0 Å². The molecule has 0 bridgehead atoms. The molecule has 3 aromatic rings. The maximum atomic E-state index is 12.6. The second-order valence-electron chi connectivity index (χ2n) is 6.81. The van der Waals surface area contributed by atoms with E-state index in [2.05, 4.69) is 63.3 Å². The minimum absolute atomic E-state index is 0.0216. The largest absolute Gasteiger partial charge is 0.464 e. The summed E-state index contributed by atoms with van der Waals surface area (Å²) >= 11 is 0. The molecule has 0 radical (unpaired) electrons. The van der Waals surface area contributed by atoms with Crippen molar-refractivity contribution >= 4 is 16.9 Å². The summed E-state index contributed by atoms with van der Waals surface area (Å²) in [6, 6.07) is 12.5. The lowest BCUT2D eigenvalue weighted by atomic mass is 10.0. The third-order valence-electron chi connectivity index (χ3n) is 4.84. The summed E-state index contributed by atoms with van der Waals surface area (Å²) in [6.07, 6.45) is 2.90. The molecule has 0 spiro atoms. The third-order valence-corrected chi connectivity index (χ3v) is 4.84. The Hall–Kier alpha value is -2.55. The number of carbonyl (C=O) groups excluding carboxylic acids is 1. The van der Waals surface area contributed by atoms with Gasteiger partial charge in [0.2, 0.25) is 5.91 Å². The zero-order valence-electron chi connectivity index (χ0n) is 15.3. The van der Waals surface area contributed by atoms with Gasteiger partial charge in [-0.3, -0.25) is 4.79 Å². The van der Waals surface area contributed by atoms with Gasteiger partial charge in [-0.15, -0.1) is 0 Å². The van der Waals surface area contributed by atoms with E-state index >= 15 is 0 Å². The van der Waals surface area contributed by atoms with Gasteiger partial charge in [-0.1, -0.05) is 36.8 Å². The molecule has 0 fully saturated rings. The lowest BCUT2D eigenvalue weighted by Gasteiger charge is -2.17. The SMILES string of the molecule is CC[C@@H](NC(=O)Cc1coc2cc(C)c(C)cc12)c1ccc(C)cc1. The highest BCUT2D eigenvalue weighted by molar-refractivity contribution is 5.88. The Morgan fingerprint density at radius 3 is 2.44 bits per heavy atom. The summed E-state index contributed by atoms with van der Waals surface area (Å²) in [5, 5.41) is 4.18. The van der Waals surface area contributed by atoms with Crippen molar-refractivity contribution in [3.63, 3.8) is 0 Å². The van der Waals surface area contributed by atoms with Crippen LogP contribution in [0.25, 0.3) is 11.0 Å². The van der Waals surface area contributed by atoms with E-state index < -0.39 is 0 Å². The van der Waals surface area contributed by atoms with E-state index in [0.717, 1.165) is 28.5 Å². The van der Waals surface area contributed by atoms with Gasteiger partial charge in [-0.25, -0.2) is 0 Å². The Kier molecular flexibility index (Phi) is 4.93. The first-order valence-corrected chi connectivity index (χ1v) is 8.81. The highest BCUT2D eigenvalue weighted by Crippen LogP contribution is 2.25. The van der Waals surface area contributed by atoms with Crippen LogP contribution in [0.1, 0.15) is 47.2 Å². The maximum Gasteiger partial charge on any atom is 0.225 e. The molecule has 0 unspecified atom stereocenters. The molecule has 1 N–H and O–H groups in total. The van der Waals surface area contributed by atoms with Gasteiger partial charge in [0.25, 0.3) is 0 Å². The van der Waals surface area contributed by atoms with E-state index in [1.165, 1.54) is 16.7 Å². The van der Waals surface area contributed by atoms with Crippen LogP contribution < -0.4 is 5.32 Å². The van der Waals surface area contributed by atoms with Crippen LogP contribution in [0, 0.1) is 20.8 Å². The number of hydrogen-bond acceptors (Lipinski definition) is 2. The van der Waals surface area contributed by atoms with Gasteiger partial charge in [-0.05, 0) is 56.0 Å². The number of amides is 1. The molecule has 130 valence electrons. The minimum atomic E-state index is 0.0216. The molecular weight excluding hydrogens is 310 g/mol. The quantitative estimate of drug-likeness (QED) is 0.699. The van der Waals surface area contributed by atoms with Crippen molar-refractivity contribution in [3.05, 3.63) is 70.5 Å². The first kappa shape index (κ1) is 17.3. The molecule has 3 nitrogen and oxygen atoms in total. The molecular formula is C22H25NO2. The number of carbonyl (C=O) groups is 1. The van der Waals surface area contributed by atoms with Crippen LogP contribution >= 0.6 is 0 Å². The van der Waals surface area contributed by atoms with Crippen molar-refractivity contribution in [3.8, 4) is 0 Å². The van der Waals surface area contributed by atoms with Crippen molar-refractivity contribution in [2.45, 2.75) is 46.6 Å². The predicted molar refractivity (Wildman–Crippen MR) is 102 cm³/mol. The summed E-state index contributed by atoms with van der Waals surface area (Å²) in [7, 11) is 0. The van der Waals surface area contributed by atoms with Gasteiger partial charge in [-0.2, -0.15) is 0 Å². The fraction of sp³-hybridized carbons (Fsp3) is 0.318. The van der Waals surface area contributed by atoms with E-state index in [4.69, 9.17) is 4.42 Å². The van der Waals surface area contributed by atoms with Gasteiger partial charge in [0.05, 0.1) is 18.7 Å². The van der Waals surface area contributed by atoms with Crippen molar-refractivity contribution in [2.75, 3.05) is 0 Å². The summed E-state index contributed by atoms with van der Waals surface area (Å²) in [5.74, 6) is 0.0216. The monoisotopic (exact) mass is 335 g/mol. The highest BCUT2D eigenvalue weighted by atomic mass is 16.3. The summed E-state index contributed by atoms with van der Waals surface area (Å²) < 4.78 is 5.63. The molecule has 0 saturated carbocycles. The first-order valence-electron chi connectivity index (χ1n) is 8.81. The summed E-state index contributed by atoms with van der Waals surface area (Å²) in [4.78, 5) is 12.6. The van der Waals surface area contributed by atoms with Crippen LogP contribution in [0.3, 0.4) is 0 Å². The molecule has 3 heteroatoms. The lowest BCUT2D eigenvalue weighted by molar-refractivity contribution is -0.121. The second-order valence-corrected chi connectivity index (χ2v) is 6.81. The van der Waals surface area contributed by atoms with E-state index in [9.17, 15) is 4.79 Å². The Balaban J connectivity index is 1.75. The van der Waals surface area contributed by atoms with Gasteiger partial charge in [0, 0.05) is 10.9 Å². The molecule has 1 amide bonds. The first-order chi connectivity index (χ1) is 12.0. The van der Waals surface area contributed by atoms with E-state index in [0.29, 0.717) is 6.42 Å². The van der Waals surface area contributed by atoms with Crippen LogP contribution in [-0.2, 0) is 11.2 Å². The number of nitrogens with one attached hydrogen (secondary N) is 1. The van der Waals surface area contributed by atoms with Gasteiger partial charge in [0.1, 0.15) is 5.58 Å². The Morgan fingerprint density at radius 1 is 1.08 bits per heavy atom. The second kappa shape index (κ2) is 7.14. The van der Waals surface area contributed by atoms with Crippen LogP contribution in [-0.4, -0.2) is 5.91 Å². The third kappa shape index (κ3) is 3.76. The van der Waals surface area contributed by atoms with E-state index in [-0.39, 0.29) is 11.9 Å². The summed E-state index contributed by atoms with van der Waals surface area (Å²) in [5.41, 5.74) is 6.56. The summed E-state index contributed by atoms with van der Waals surface area (Å²) in [6.45, 7) is 8.30. The van der Waals surface area contributed by atoms with Crippen LogP contribution in [0.2, 0.25) is 0 Å². The molecule has 1 heterocycles. The molecule has 0 saturated heterocycles. The van der Waals surface area contributed by atoms with Crippen molar-refractivity contribution in [2.24, 2.45) is 0 Å². The Bertz CT molecular complexity index is 890. The van der Waals surface area contributed by atoms with Crippen LogP contribution in [0.15, 0.2) is 47.1 Å². The number of fused-ring (bicyclic) bond motifs is 1. The maximum absolute atomic E-state index is 12.6. The number of aryl methyl sites for hydroxylation is 3. The van der Waals surface area contributed by atoms with Gasteiger partial charge >= 0.3 is 0 Å². The zero-order chi connectivity index (χ0) is 18.0. The average molecular weight is 335 g/mol. The number of rotatable bonds is 5. The van der Waals surface area contributed by atoms with E-state index in [1.807, 2.05) is 6.07 Å². The number of benzene rings is 2. The van der Waals surface area contributed by atoms with Crippen LogP contribution in [0.4, 0.5) is 0 Å². The molecule has 0 aliphatic carbocycles. The highest BCUT2D eigenvalue weighted by Gasteiger charge is 2.16. The van der Waals surface area contributed by atoms with E-state index in [1.54, 1.807) is 6.26 Å². The zero-order valence-corrected chi connectivity index (χ0v) is 15.3. The molecule has 3 rings (SSSR count). The van der Waals surface area contributed by atoms with Crippen LogP contribution in [0.5, 0.6) is 0 Å². The molecule has 0 aliphatic rings. The smallest absolute Gasteiger partial charge is 0.225 e. The minimum Gasteiger partial charge on any atom is -0.464 e. The average Bonchev–Trinajstić information content (AvgIpc) is 2.96. The van der Waals surface area contributed by atoms with Gasteiger partial charge in [0.15, 0.2) is 0 Å². The topological polar surface area (TPSA) is 42.2 Å². The predicted octanol–water partition coefficient (Wildman–Crippen LogP) is 5.17. The standard InChI is InChI=1S/C22H25NO2/c1-5-20(17-8-6-14(2)7-9-17)23-22(24)12-18-13-25-21-11-16(4)15(3)10-19(18)21/h6-11,13,20H,5,12H2,1-4H3,(H,23,24)/t20-/m1/s1. The van der Waals surface area contributed by atoms with Gasteiger partial charge < -0.3 is 9.73 Å². The molecule has 25 heavy (non-hydrogen) atoms. The Morgan fingerprint density at radius 2 is 1.76 bits per heavy atom. The number of furan rings is 1. The lowest BCUT2D eigenvalue weighted by Crippen LogP contribution is -2.29. The molecule has 2 aromatic carbocycles. The molecule has 0 aliphatic heterocycles. The molecule has 1 aromatic heterocycles. The fourth-order valence-electron chi connectivity index (χ4n) is 3.11. The van der Waals surface area contributed by atoms with Crippen molar-refractivity contribution in [1.82, 2.24) is 5.32 Å².